The third-order valence-electron chi connectivity index (χ3n) is 2.92. The second-order valence-electron chi connectivity index (χ2n) is 4.30. The molecule has 4 nitrogen and oxygen atoms in total. The molecule has 0 fully saturated rings. The van der Waals surface area contributed by atoms with Gasteiger partial charge in [0.2, 0.25) is 0 Å². The number of aromatic nitrogens is 2. The van der Waals surface area contributed by atoms with Crippen LogP contribution >= 0.6 is 11.3 Å². The standard InChI is InChI=1S/C12H13N3OS/c1-7-5-11(15-14-7)13-12(16)10-6-8-3-2-4-9(8)17-10/h5-6H,2-4H2,1H3,(H2,13,14,15,16). The number of rotatable bonds is 2. The van der Waals surface area contributed by atoms with Gasteiger partial charge in [-0.3, -0.25) is 9.89 Å². The van der Waals surface area contributed by atoms with Gasteiger partial charge in [0.15, 0.2) is 5.82 Å². The normalized spacial score (nSPS) is 13.7. The molecule has 1 amide bonds. The number of hydrogen-bond acceptors (Lipinski definition) is 3. The van der Waals surface area contributed by atoms with E-state index in [-0.39, 0.29) is 5.91 Å². The van der Waals surface area contributed by atoms with Gasteiger partial charge < -0.3 is 5.32 Å². The minimum atomic E-state index is -0.0594. The molecule has 2 heterocycles. The molecule has 1 aliphatic carbocycles. The Hall–Kier alpha value is -1.62. The highest BCUT2D eigenvalue weighted by Crippen LogP contribution is 2.30. The predicted octanol–water partition coefficient (Wildman–Crippen LogP) is 2.52. The van der Waals surface area contributed by atoms with E-state index < -0.39 is 0 Å². The number of nitrogens with zero attached hydrogens (tertiary/aromatic N) is 1. The number of fused-ring (bicyclic) bond motifs is 1. The van der Waals surface area contributed by atoms with Crippen molar-refractivity contribution in [2.75, 3.05) is 5.32 Å². The molecular formula is C12H13N3OS. The number of carbonyl (C=O) groups is 1. The number of amides is 1. The molecule has 0 spiro atoms. The Morgan fingerprint density at radius 1 is 1.47 bits per heavy atom. The summed E-state index contributed by atoms with van der Waals surface area (Å²) in [5.74, 6) is 0.525. The summed E-state index contributed by atoms with van der Waals surface area (Å²) in [6.07, 6.45) is 3.46. The molecule has 0 aromatic carbocycles. The first kappa shape index (κ1) is 10.5. The molecule has 5 heteroatoms. The van der Waals surface area contributed by atoms with Crippen LogP contribution in [-0.2, 0) is 12.8 Å². The number of hydrogen-bond donors (Lipinski definition) is 2. The van der Waals surface area contributed by atoms with Crippen molar-refractivity contribution < 1.29 is 4.79 Å². The summed E-state index contributed by atoms with van der Waals surface area (Å²) < 4.78 is 0. The van der Waals surface area contributed by atoms with Gasteiger partial charge >= 0.3 is 0 Å². The summed E-state index contributed by atoms with van der Waals surface area (Å²) in [6.45, 7) is 1.91. The molecule has 0 radical (unpaired) electrons. The first-order valence-corrected chi connectivity index (χ1v) is 6.49. The highest BCUT2D eigenvalue weighted by atomic mass is 32.1. The van der Waals surface area contributed by atoms with E-state index in [0.29, 0.717) is 5.82 Å². The van der Waals surface area contributed by atoms with Crippen molar-refractivity contribution in [1.29, 1.82) is 0 Å². The quantitative estimate of drug-likeness (QED) is 0.856. The zero-order valence-electron chi connectivity index (χ0n) is 9.54. The molecule has 3 rings (SSSR count). The average Bonchev–Trinajstić information content (AvgIpc) is 2.92. The van der Waals surface area contributed by atoms with Crippen LogP contribution in [0.1, 0.15) is 32.2 Å². The van der Waals surface area contributed by atoms with E-state index in [1.807, 2.05) is 19.1 Å². The highest BCUT2D eigenvalue weighted by molar-refractivity contribution is 7.14. The number of aromatic amines is 1. The second-order valence-corrected chi connectivity index (χ2v) is 5.44. The number of carbonyl (C=O) groups excluding carboxylic acids is 1. The van der Waals surface area contributed by atoms with E-state index in [1.165, 1.54) is 16.9 Å². The summed E-state index contributed by atoms with van der Waals surface area (Å²) >= 11 is 1.61. The monoisotopic (exact) mass is 247 g/mol. The second kappa shape index (κ2) is 4.00. The van der Waals surface area contributed by atoms with Gasteiger partial charge in [-0.25, -0.2) is 0 Å². The predicted molar refractivity (Wildman–Crippen MR) is 67.6 cm³/mol. The van der Waals surface area contributed by atoms with Crippen LogP contribution in [0, 0.1) is 6.92 Å². The van der Waals surface area contributed by atoms with Gasteiger partial charge in [-0.15, -0.1) is 11.3 Å². The van der Waals surface area contributed by atoms with Crippen molar-refractivity contribution in [2.45, 2.75) is 26.2 Å². The Morgan fingerprint density at radius 3 is 3.06 bits per heavy atom. The van der Waals surface area contributed by atoms with Gasteiger partial charge in [-0.2, -0.15) is 5.10 Å². The number of anilines is 1. The van der Waals surface area contributed by atoms with Crippen molar-refractivity contribution in [3.63, 3.8) is 0 Å². The summed E-state index contributed by atoms with van der Waals surface area (Å²) in [4.78, 5) is 14.1. The lowest BCUT2D eigenvalue weighted by atomic mass is 10.2. The lowest BCUT2D eigenvalue weighted by Gasteiger charge is -1.98. The summed E-state index contributed by atoms with van der Waals surface area (Å²) in [6, 6.07) is 3.83. The number of thiophene rings is 1. The van der Waals surface area contributed by atoms with Crippen LogP contribution < -0.4 is 5.32 Å². The first-order chi connectivity index (χ1) is 8.22. The minimum absolute atomic E-state index is 0.0594. The Bertz CT molecular complexity index is 549. The molecule has 0 saturated heterocycles. The van der Waals surface area contributed by atoms with Crippen molar-refractivity contribution in [2.24, 2.45) is 0 Å². The Morgan fingerprint density at radius 2 is 2.35 bits per heavy atom. The van der Waals surface area contributed by atoms with E-state index in [4.69, 9.17) is 0 Å². The molecule has 1 aliphatic rings. The maximum atomic E-state index is 12.0. The molecule has 88 valence electrons. The lowest BCUT2D eigenvalue weighted by molar-refractivity contribution is 0.103. The van der Waals surface area contributed by atoms with Crippen molar-refractivity contribution in [3.8, 4) is 0 Å². The summed E-state index contributed by atoms with van der Waals surface area (Å²) in [5.41, 5.74) is 2.28. The average molecular weight is 247 g/mol. The highest BCUT2D eigenvalue weighted by Gasteiger charge is 2.18. The topological polar surface area (TPSA) is 57.8 Å². The third kappa shape index (κ3) is 1.98. The van der Waals surface area contributed by atoms with Crippen LogP contribution in [0.15, 0.2) is 12.1 Å². The Balaban J connectivity index is 1.77. The smallest absolute Gasteiger partial charge is 0.266 e. The van der Waals surface area contributed by atoms with Gasteiger partial charge in [0.1, 0.15) is 0 Å². The molecule has 0 atom stereocenters. The molecule has 2 N–H and O–H groups in total. The van der Waals surface area contributed by atoms with Crippen molar-refractivity contribution in [3.05, 3.63) is 33.1 Å². The molecule has 0 bridgehead atoms. The fourth-order valence-corrected chi connectivity index (χ4v) is 3.25. The maximum absolute atomic E-state index is 12.0. The van der Waals surface area contributed by atoms with Crippen molar-refractivity contribution >= 4 is 23.1 Å². The van der Waals surface area contributed by atoms with Crippen LogP contribution in [0.2, 0.25) is 0 Å². The molecule has 2 aromatic rings. The van der Waals surface area contributed by atoms with Gasteiger partial charge in [0, 0.05) is 16.6 Å². The van der Waals surface area contributed by atoms with E-state index in [2.05, 4.69) is 15.5 Å². The minimum Gasteiger partial charge on any atom is -0.304 e. The van der Waals surface area contributed by atoms with Gasteiger partial charge in [0.25, 0.3) is 5.91 Å². The van der Waals surface area contributed by atoms with Gasteiger partial charge in [-0.05, 0) is 37.8 Å². The molecule has 17 heavy (non-hydrogen) atoms. The molecule has 2 aromatic heterocycles. The summed E-state index contributed by atoms with van der Waals surface area (Å²) in [5, 5.41) is 9.59. The molecular weight excluding hydrogens is 234 g/mol. The lowest BCUT2D eigenvalue weighted by Crippen LogP contribution is -2.10. The zero-order valence-corrected chi connectivity index (χ0v) is 10.4. The molecule has 0 aliphatic heterocycles. The zero-order chi connectivity index (χ0) is 11.8. The largest absolute Gasteiger partial charge is 0.304 e. The number of aryl methyl sites for hydroxylation is 3. The molecule has 0 saturated carbocycles. The fraction of sp³-hybridized carbons (Fsp3) is 0.333. The van der Waals surface area contributed by atoms with Crippen LogP contribution in [0.25, 0.3) is 0 Å². The maximum Gasteiger partial charge on any atom is 0.266 e. The third-order valence-corrected chi connectivity index (χ3v) is 4.15. The Labute approximate surface area is 103 Å². The van der Waals surface area contributed by atoms with Crippen LogP contribution in [-0.4, -0.2) is 16.1 Å². The SMILES string of the molecule is Cc1cc(NC(=O)c2cc3c(s2)CCC3)n[nH]1. The van der Waals surface area contributed by atoms with Gasteiger partial charge in [0.05, 0.1) is 4.88 Å². The number of H-pyrrole nitrogens is 1. The van der Waals surface area contributed by atoms with E-state index in [0.717, 1.165) is 23.4 Å². The van der Waals surface area contributed by atoms with E-state index >= 15 is 0 Å². The fourth-order valence-electron chi connectivity index (χ4n) is 2.10. The van der Waals surface area contributed by atoms with Crippen LogP contribution in [0.5, 0.6) is 0 Å². The van der Waals surface area contributed by atoms with Gasteiger partial charge in [-0.1, -0.05) is 0 Å². The van der Waals surface area contributed by atoms with Crippen LogP contribution in [0.4, 0.5) is 5.82 Å². The number of nitrogens with one attached hydrogen (secondary N) is 2. The first-order valence-electron chi connectivity index (χ1n) is 5.67. The Kier molecular flexibility index (Phi) is 2.48. The van der Waals surface area contributed by atoms with Crippen LogP contribution in [0.3, 0.4) is 0 Å². The van der Waals surface area contributed by atoms with E-state index in [1.54, 1.807) is 11.3 Å². The van der Waals surface area contributed by atoms with Crippen molar-refractivity contribution in [1.82, 2.24) is 10.2 Å². The van der Waals surface area contributed by atoms with E-state index in [9.17, 15) is 4.79 Å². The molecule has 0 unspecified atom stereocenters. The summed E-state index contributed by atoms with van der Waals surface area (Å²) in [7, 11) is 0.